The van der Waals surface area contributed by atoms with E-state index in [9.17, 15) is 10.2 Å². The minimum atomic E-state index is -0.665. The standard InChI is InChI=1S/C28H46O3/c1-18(9-10-19(2)26(3,4)30)23-11-12-24-20(8-7-13-27(23,24)5)14-25(31-6)28-16-21(28)15-22(29)17-28/h9-10,14,18-19,21-25,29-30H,7-8,11-13,15-17H2,1-6H3/b10-9+,20-14+/t18-,19+,21+,22+,23-,24+,25-,27-,28+/m1/s1. The molecular weight excluding hydrogens is 384 g/mol. The maximum absolute atomic E-state index is 10.3. The second-order valence-corrected chi connectivity index (χ2v) is 12.4. The summed E-state index contributed by atoms with van der Waals surface area (Å²) in [6, 6.07) is 0. The zero-order valence-corrected chi connectivity index (χ0v) is 20.7. The minimum Gasteiger partial charge on any atom is -0.393 e. The molecule has 4 aliphatic carbocycles. The molecule has 0 radical (unpaired) electrons. The molecule has 0 aliphatic heterocycles. The summed E-state index contributed by atoms with van der Waals surface area (Å²) in [6.07, 6.45) is 16.7. The summed E-state index contributed by atoms with van der Waals surface area (Å²) in [5, 5.41) is 20.5. The number of ether oxygens (including phenoxy) is 1. The van der Waals surface area contributed by atoms with Gasteiger partial charge in [0.15, 0.2) is 0 Å². The zero-order chi connectivity index (χ0) is 22.6. The molecule has 9 atom stereocenters. The molecule has 2 N–H and O–H groups in total. The molecule has 0 amide bonds. The summed E-state index contributed by atoms with van der Waals surface area (Å²) in [4.78, 5) is 0. The van der Waals surface area contributed by atoms with Crippen molar-refractivity contribution in [3.63, 3.8) is 0 Å². The number of aliphatic hydroxyl groups is 2. The van der Waals surface area contributed by atoms with Gasteiger partial charge in [-0.2, -0.15) is 0 Å². The van der Waals surface area contributed by atoms with Crippen LogP contribution >= 0.6 is 0 Å². The summed E-state index contributed by atoms with van der Waals surface area (Å²) < 4.78 is 6.06. The lowest BCUT2D eigenvalue weighted by atomic mass is 9.61. The van der Waals surface area contributed by atoms with E-state index in [1.807, 2.05) is 21.0 Å². The third-order valence-corrected chi connectivity index (χ3v) is 10.1. The Hall–Kier alpha value is -0.640. The Morgan fingerprint density at radius 1 is 1.16 bits per heavy atom. The van der Waals surface area contributed by atoms with Gasteiger partial charge in [-0.05, 0) is 94.3 Å². The Kier molecular flexibility index (Phi) is 6.29. The smallest absolute Gasteiger partial charge is 0.0814 e. The SMILES string of the molecule is CO[C@H](/C=C1\CCC[C@]2(C)[C@@H]([C@H](C)/C=C/[C@H](C)C(C)(C)O)CC[C@@H]12)[C@@]12C[C@@H](O)C[C@H]1C2. The fraction of sp³-hybridized carbons (Fsp3) is 0.857. The van der Waals surface area contributed by atoms with E-state index >= 15 is 0 Å². The number of hydrogen-bond acceptors (Lipinski definition) is 3. The average molecular weight is 431 g/mol. The summed E-state index contributed by atoms with van der Waals surface area (Å²) in [5.74, 6) is 2.74. The highest BCUT2D eigenvalue weighted by molar-refractivity contribution is 5.25. The van der Waals surface area contributed by atoms with Crippen molar-refractivity contribution in [2.75, 3.05) is 7.11 Å². The third-order valence-electron chi connectivity index (χ3n) is 10.1. The molecule has 4 fully saturated rings. The van der Waals surface area contributed by atoms with E-state index in [4.69, 9.17) is 4.74 Å². The molecule has 31 heavy (non-hydrogen) atoms. The normalized spacial score (nSPS) is 44.3. The van der Waals surface area contributed by atoms with E-state index in [0.717, 1.165) is 12.8 Å². The lowest BCUT2D eigenvalue weighted by Crippen LogP contribution is -2.36. The Morgan fingerprint density at radius 2 is 1.90 bits per heavy atom. The molecule has 4 rings (SSSR count). The Morgan fingerprint density at radius 3 is 2.52 bits per heavy atom. The number of hydrogen-bond donors (Lipinski definition) is 2. The predicted molar refractivity (Wildman–Crippen MR) is 127 cm³/mol. The van der Waals surface area contributed by atoms with Crippen molar-refractivity contribution in [3.05, 3.63) is 23.8 Å². The third kappa shape index (κ3) is 4.20. The molecule has 4 saturated carbocycles. The quantitative estimate of drug-likeness (QED) is 0.494. The fourth-order valence-corrected chi connectivity index (χ4v) is 7.80. The summed E-state index contributed by atoms with van der Waals surface area (Å²) >= 11 is 0. The highest BCUT2D eigenvalue weighted by Crippen LogP contribution is 2.67. The van der Waals surface area contributed by atoms with Gasteiger partial charge in [0.25, 0.3) is 0 Å². The number of fused-ring (bicyclic) bond motifs is 2. The lowest BCUT2D eigenvalue weighted by molar-refractivity contribution is 0.0435. The topological polar surface area (TPSA) is 49.7 Å². The van der Waals surface area contributed by atoms with Crippen LogP contribution in [0.25, 0.3) is 0 Å². The second-order valence-electron chi connectivity index (χ2n) is 12.4. The molecule has 0 aromatic carbocycles. The van der Waals surface area contributed by atoms with Gasteiger partial charge >= 0.3 is 0 Å². The molecule has 3 nitrogen and oxygen atoms in total. The van der Waals surface area contributed by atoms with Gasteiger partial charge in [0, 0.05) is 18.4 Å². The first-order valence-corrected chi connectivity index (χ1v) is 12.8. The van der Waals surface area contributed by atoms with Crippen molar-refractivity contribution in [1.82, 2.24) is 0 Å². The number of methoxy groups -OCH3 is 1. The lowest BCUT2D eigenvalue weighted by Gasteiger charge is -2.44. The molecule has 3 heteroatoms. The molecule has 0 bridgehead atoms. The van der Waals surface area contributed by atoms with Crippen LogP contribution in [0, 0.1) is 40.4 Å². The Balaban J connectivity index is 1.50. The van der Waals surface area contributed by atoms with E-state index in [2.05, 4.69) is 39.0 Å². The first-order valence-electron chi connectivity index (χ1n) is 12.8. The van der Waals surface area contributed by atoms with Gasteiger partial charge in [0.1, 0.15) is 0 Å². The highest BCUT2D eigenvalue weighted by atomic mass is 16.5. The molecule has 0 aromatic heterocycles. The van der Waals surface area contributed by atoms with Crippen LogP contribution in [0.2, 0.25) is 0 Å². The van der Waals surface area contributed by atoms with Crippen LogP contribution in [0.5, 0.6) is 0 Å². The van der Waals surface area contributed by atoms with Crippen molar-refractivity contribution < 1.29 is 14.9 Å². The molecule has 0 aromatic rings. The summed E-state index contributed by atoms with van der Waals surface area (Å²) in [5.41, 5.74) is 1.56. The van der Waals surface area contributed by atoms with Crippen LogP contribution in [-0.2, 0) is 4.74 Å². The van der Waals surface area contributed by atoms with Gasteiger partial charge in [-0.25, -0.2) is 0 Å². The zero-order valence-electron chi connectivity index (χ0n) is 20.7. The van der Waals surface area contributed by atoms with Gasteiger partial charge in [-0.15, -0.1) is 0 Å². The predicted octanol–water partition coefficient (Wildman–Crippen LogP) is 5.90. The molecule has 176 valence electrons. The minimum absolute atomic E-state index is 0.124. The first-order chi connectivity index (χ1) is 14.5. The monoisotopic (exact) mass is 430 g/mol. The van der Waals surface area contributed by atoms with Gasteiger partial charge in [0.05, 0.1) is 17.8 Å². The van der Waals surface area contributed by atoms with Gasteiger partial charge in [0.2, 0.25) is 0 Å². The van der Waals surface area contributed by atoms with Crippen LogP contribution in [0.3, 0.4) is 0 Å². The van der Waals surface area contributed by atoms with Crippen LogP contribution in [-0.4, -0.2) is 35.1 Å². The molecular formula is C28H46O3. The first kappa shape index (κ1) is 23.5. The van der Waals surface area contributed by atoms with Gasteiger partial charge in [-0.1, -0.05) is 44.6 Å². The van der Waals surface area contributed by atoms with E-state index in [1.165, 1.54) is 38.5 Å². The van der Waals surface area contributed by atoms with Crippen LogP contribution in [0.4, 0.5) is 0 Å². The molecule has 0 saturated heterocycles. The van der Waals surface area contributed by atoms with Crippen molar-refractivity contribution >= 4 is 0 Å². The summed E-state index contributed by atoms with van der Waals surface area (Å²) in [7, 11) is 1.87. The van der Waals surface area contributed by atoms with E-state index in [-0.39, 0.29) is 23.5 Å². The summed E-state index contributed by atoms with van der Waals surface area (Å²) in [6.45, 7) is 10.8. The number of aliphatic hydroxyl groups excluding tert-OH is 1. The van der Waals surface area contributed by atoms with Crippen molar-refractivity contribution in [3.8, 4) is 0 Å². The van der Waals surface area contributed by atoms with Gasteiger partial charge < -0.3 is 14.9 Å². The van der Waals surface area contributed by atoms with E-state index < -0.39 is 5.60 Å². The van der Waals surface area contributed by atoms with Crippen LogP contribution < -0.4 is 0 Å². The molecule has 0 heterocycles. The maximum atomic E-state index is 10.3. The maximum Gasteiger partial charge on any atom is 0.0814 e. The molecule has 0 unspecified atom stereocenters. The fourth-order valence-electron chi connectivity index (χ4n) is 7.80. The highest BCUT2D eigenvalue weighted by Gasteiger charge is 2.64. The van der Waals surface area contributed by atoms with Crippen molar-refractivity contribution in [2.45, 2.75) is 104 Å². The number of rotatable bonds is 7. The van der Waals surface area contributed by atoms with E-state index in [0.29, 0.717) is 29.1 Å². The van der Waals surface area contributed by atoms with Crippen molar-refractivity contribution in [1.29, 1.82) is 0 Å². The molecule has 4 aliphatic rings. The van der Waals surface area contributed by atoms with E-state index in [1.54, 1.807) is 5.57 Å². The second kappa shape index (κ2) is 8.29. The van der Waals surface area contributed by atoms with Crippen LogP contribution in [0.15, 0.2) is 23.8 Å². The number of allylic oxidation sites excluding steroid dienone is 2. The Labute approximate surface area is 190 Å². The molecule has 0 spiro atoms. The Bertz CT molecular complexity index is 718. The van der Waals surface area contributed by atoms with Crippen LogP contribution in [0.1, 0.15) is 86.0 Å². The largest absolute Gasteiger partial charge is 0.393 e. The average Bonchev–Trinajstić information content (AvgIpc) is 3.07. The van der Waals surface area contributed by atoms with Gasteiger partial charge in [-0.3, -0.25) is 0 Å². The van der Waals surface area contributed by atoms with Crippen molar-refractivity contribution in [2.24, 2.45) is 40.4 Å².